The van der Waals surface area contributed by atoms with E-state index in [1.54, 1.807) is 6.92 Å². The Morgan fingerprint density at radius 1 is 1.56 bits per heavy atom. The van der Waals surface area contributed by atoms with Crippen molar-refractivity contribution in [2.45, 2.75) is 25.2 Å². The lowest BCUT2D eigenvalue weighted by Gasteiger charge is -2.03. The number of aryl methyl sites for hydroxylation is 1. The van der Waals surface area contributed by atoms with E-state index in [2.05, 4.69) is 4.72 Å². The summed E-state index contributed by atoms with van der Waals surface area (Å²) in [6, 6.07) is 1.32. The molecule has 16 heavy (non-hydrogen) atoms. The summed E-state index contributed by atoms with van der Waals surface area (Å²) >= 11 is 1.09. The molecule has 0 aromatic carbocycles. The van der Waals surface area contributed by atoms with E-state index in [0.717, 1.165) is 11.3 Å². The molecule has 0 aliphatic heterocycles. The molecule has 90 valence electrons. The van der Waals surface area contributed by atoms with Gasteiger partial charge in [-0.05, 0) is 19.4 Å². The molecule has 0 fully saturated rings. The molecule has 5 nitrogen and oxygen atoms in total. The zero-order valence-corrected chi connectivity index (χ0v) is 10.7. The Morgan fingerprint density at radius 3 is 2.62 bits per heavy atom. The number of carbonyl (C=O) groups is 1. The predicted octanol–water partition coefficient (Wildman–Crippen LogP) is 0.844. The van der Waals surface area contributed by atoms with E-state index in [1.807, 2.05) is 6.92 Å². The number of nitrogens with two attached hydrogens (primary N) is 1. The Kier molecular flexibility index (Phi) is 4.06. The maximum absolute atomic E-state index is 11.8. The fraction of sp³-hybridized carbons (Fsp3) is 0.444. The van der Waals surface area contributed by atoms with Gasteiger partial charge in [0.1, 0.15) is 0 Å². The van der Waals surface area contributed by atoms with Gasteiger partial charge in [0.15, 0.2) is 0 Å². The molecular formula is C9H14N2O3S2. The first-order valence-corrected chi connectivity index (χ1v) is 7.08. The minimum absolute atomic E-state index is 0.139. The average molecular weight is 262 g/mol. The van der Waals surface area contributed by atoms with Crippen molar-refractivity contribution < 1.29 is 13.2 Å². The first-order valence-electron chi connectivity index (χ1n) is 4.78. The lowest BCUT2D eigenvalue weighted by molar-refractivity contribution is 0.100. The highest BCUT2D eigenvalue weighted by Crippen LogP contribution is 2.25. The van der Waals surface area contributed by atoms with Crippen LogP contribution in [0.1, 0.15) is 27.9 Å². The first-order chi connectivity index (χ1) is 7.38. The molecule has 1 amide bonds. The molecule has 1 aromatic heterocycles. The van der Waals surface area contributed by atoms with Gasteiger partial charge >= 0.3 is 0 Å². The van der Waals surface area contributed by atoms with Crippen LogP contribution in [-0.4, -0.2) is 20.9 Å². The smallest absolute Gasteiger partial charge is 0.258 e. The van der Waals surface area contributed by atoms with Gasteiger partial charge in [-0.3, -0.25) is 4.79 Å². The normalized spacial score (nSPS) is 11.6. The third-order valence-electron chi connectivity index (χ3n) is 1.95. The molecule has 0 unspecified atom stereocenters. The standard InChI is InChI=1S/C9H14N2O3S2/c1-3-4-11-16(13,14)8-5-7(9(10)12)15-6(8)2/h5,11H,3-4H2,1-2H3,(H2,10,12). The van der Waals surface area contributed by atoms with E-state index in [0.29, 0.717) is 17.8 Å². The molecule has 1 heterocycles. The summed E-state index contributed by atoms with van der Waals surface area (Å²) in [7, 11) is -3.51. The van der Waals surface area contributed by atoms with E-state index >= 15 is 0 Å². The van der Waals surface area contributed by atoms with Gasteiger partial charge in [0.25, 0.3) is 5.91 Å². The van der Waals surface area contributed by atoms with Crippen LogP contribution < -0.4 is 10.5 Å². The lowest BCUT2D eigenvalue weighted by Crippen LogP contribution is -2.24. The van der Waals surface area contributed by atoms with Crippen LogP contribution >= 0.6 is 11.3 Å². The van der Waals surface area contributed by atoms with Crippen molar-refractivity contribution in [1.82, 2.24) is 4.72 Å². The molecule has 0 bridgehead atoms. The number of primary amides is 1. The molecule has 1 aromatic rings. The van der Waals surface area contributed by atoms with E-state index in [1.165, 1.54) is 6.07 Å². The highest BCUT2D eigenvalue weighted by Gasteiger charge is 2.20. The summed E-state index contributed by atoms with van der Waals surface area (Å²) < 4.78 is 26.0. The number of sulfonamides is 1. The zero-order valence-electron chi connectivity index (χ0n) is 9.11. The third-order valence-corrected chi connectivity index (χ3v) is 4.73. The maximum atomic E-state index is 11.8. The van der Waals surface area contributed by atoms with E-state index in [-0.39, 0.29) is 9.77 Å². The molecule has 3 N–H and O–H groups in total. The summed E-state index contributed by atoms with van der Waals surface area (Å²) in [5.41, 5.74) is 5.10. The number of carbonyl (C=O) groups excluding carboxylic acids is 1. The van der Waals surface area contributed by atoms with E-state index in [9.17, 15) is 13.2 Å². The van der Waals surface area contributed by atoms with Crippen molar-refractivity contribution in [3.05, 3.63) is 15.8 Å². The fourth-order valence-corrected chi connectivity index (χ4v) is 3.74. The molecule has 0 saturated heterocycles. The number of rotatable bonds is 5. The van der Waals surface area contributed by atoms with Crippen LogP contribution in [0.25, 0.3) is 0 Å². The second kappa shape index (κ2) is 4.94. The second-order valence-electron chi connectivity index (χ2n) is 3.29. The highest BCUT2D eigenvalue weighted by molar-refractivity contribution is 7.89. The van der Waals surface area contributed by atoms with Crippen LogP contribution in [0.5, 0.6) is 0 Å². The highest BCUT2D eigenvalue weighted by atomic mass is 32.2. The Labute approximate surface area is 98.7 Å². The Hall–Kier alpha value is -0.920. The van der Waals surface area contributed by atoms with Crippen LogP contribution in [-0.2, 0) is 10.0 Å². The zero-order chi connectivity index (χ0) is 12.3. The lowest BCUT2D eigenvalue weighted by atomic mass is 10.4. The second-order valence-corrected chi connectivity index (χ2v) is 6.28. The maximum Gasteiger partial charge on any atom is 0.258 e. The van der Waals surface area contributed by atoms with Crippen molar-refractivity contribution in [3.63, 3.8) is 0 Å². The van der Waals surface area contributed by atoms with Crippen molar-refractivity contribution in [3.8, 4) is 0 Å². The Bertz CT molecular complexity index is 491. The average Bonchev–Trinajstić information content (AvgIpc) is 2.58. The molecule has 0 radical (unpaired) electrons. The van der Waals surface area contributed by atoms with Crippen LogP contribution in [0.2, 0.25) is 0 Å². The van der Waals surface area contributed by atoms with Gasteiger partial charge in [-0.15, -0.1) is 11.3 Å². The molecule has 0 atom stereocenters. The monoisotopic (exact) mass is 262 g/mol. The number of thiophene rings is 1. The summed E-state index contributed by atoms with van der Waals surface area (Å²) in [6.45, 7) is 3.90. The van der Waals surface area contributed by atoms with Gasteiger partial charge in [0, 0.05) is 11.4 Å². The number of amides is 1. The van der Waals surface area contributed by atoms with Crippen LogP contribution in [0.4, 0.5) is 0 Å². The predicted molar refractivity (Wildman–Crippen MR) is 63.1 cm³/mol. The topological polar surface area (TPSA) is 89.3 Å². The molecule has 0 aliphatic carbocycles. The number of hydrogen-bond donors (Lipinski definition) is 2. The largest absolute Gasteiger partial charge is 0.365 e. The number of nitrogens with one attached hydrogen (secondary N) is 1. The quantitative estimate of drug-likeness (QED) is 0.824. The number of hydrogen-bond acceptors (Lipinski definition) is 4. The Balaban J connectivity index is 3.08. The minimum atomic E-state index is -3.51. The molecule has 1 rings (SSSR count). The van der Waals surface area contributed by atoms with Crippen molar-refractivity contribution >= 4 is 27.3 Å². The fourth-order valence-electron chi connectivity index (χ4n) is 1.17. The van der Waals surface area contributed by atoms with Crippen LogP contribution in [0.3, 0.4) is 0 Å². The van der Waals surface area contributed by atoms with Gasteiger partial charge in [-0.25, -0.2) is 13.1 Å². The molecule has 7 heteroatoms. The summed E-state index contributed by atoms with van der Waals surface area (Å²) in [6.07, 6.45) is 0.713. The SMILES string of the molecule is CCCNS(=O)(=O)c1cc(C(N)=O)sc1C. The summed E-state index contributed by atoms with van der Waals surface area (Å²) in [4.78, 5) is 11.9. The van der Waals surface area contributed by atoms with E-state index < -0.39 is 15.9 Å². The van der Waals surface area contributed by atoms with Gasteiger partial charge < -0.3 is 5.73 Å². The van der Waals surface area contributed by atoms with Crippen molar-refractivity contribution in [2.24, 2.45) is 5.73 Å². The van der Waals surface area contributed by atoms with Crippen molar-refractivity contribution in [1.29, 1.82) is 0 Å². The van der Waals surface area contributed by atoms with Crippen molar-refractivity contribution in [2.75, 3.05) is 6.54 Å². The summed E-state index contributed by atoms with van der Waals surface area (Å²) in [5.74, 6) is -0.606. The third kappa shape index (κ3) is 2.81. The van der Waals surface area contributed by atoms with Gasteiger partial charge in [0.2, 0.25) is 10.0 Å². The van der Waals surface area contributed by atoms with Crippen LogP contribution in [0.15, 0.2) is 11.0 Å². The van der Waals surface area contributed by atoms with E-state index in [4.69, 9.17) is 5.73 Å². The van der Waals surface area contributed by atoms with Gasteiger partial charge in [-0.2, -0.15) is 0 Å². The molecular weight excluding hydrogens is 248 g/mol. The first kappa shape index (κ1) is 13.1. The molecule has 0 saturated carbocycles. The molecule has 0 spiro atoms. The van der Waals surface area contributed by atoms with Gasteiger partial charge in [0.05, 0.1) is 9.77 Å². The Morgan fingerprint density at radius 2 is 2.19 bits per heavy atom. The van der Waals surface area contributed by atoms with Crippen LogP contribution in [0, 0.1) is 6.92 Å². The minimum Gasteiger partial charge on any atom is -0.365 e. The van der Waals surface area contributed by atoms with Gasteiger partial charge in [-0.1, -0.05) is 6.92 Å². The summed E-state index contributed by atoms with van der Waals surface area (Å²) in [5, 5.41) is 0. The molecule has 0 aliphatic rings.